The molecule has 1 heterocycles. The maximum Gasteiger partial charge on any atom is 0.573 e. The van der Waals surface area contributed by atoms with Gasteiger partial charge in [-0.05, 0) is 60.7 Å². The van der Waals surface area contributed by atoms with E-state index in [1.54, 1.807) is 6.07 Å². The molecule has 1 aromatic heterocycles. The Morgan fingerprint density at radius 3 is 2.21 bits per heavy atom. The number of hydrogen-bond acceptors (Lipinski definition) is 4. The Morgan fingerprint density at radius 1 is 0.929 bits per heavy atom. The molecule has 0 saturated carbocycles. The van der Waals surface area contributed by atoms with Gasteiger partial charge in [-0.3, -0.25) is 4.79 Å². The molecule has 0 aliphatic rings. The highest BCUT2D eigenvalue weighted by Gasteiger charge is 2.31. The SMILES string of the molecule is O=C(Nc1ccc(OC(F)(F)F)cc1)c1ccc(COc2ccc(F)cc2)o1. The number of alkyl halides is 3. The number of benzene rings is 2. The first kappa shape index (κ1) is 19.3. The number of rotatable bonds is 6. The van der Waals surface area contributed by atoms with Gasteiger partial charge in [0.25, 0.3) is 5.91 Å². The summed E-state index contributed by atoms with van der Waals surface area (Å²) in [5.74, 6) is -0.578. The smallest absolute Gasteiger partial charge is 0.486 e. The van der Waals surface area contributed by atoms with E-state index in [1.807, 2.05) is 0 Å². The molecule has 5 nitrogen and oxygen atoms in total. The van der Waals surface area contributed by atoms with Crippen molar-refractivity contribution in [1.29, 1.82) is 0 Å². The molecule has 0 radical (unpaired) electrons. The fourth-order valence-corrected chi connectivity index (χ4v) is 2.20. The molecule has 0 atom stereocenters. The Labute approximate surface area is 156 Å². The second-order valence-electron chi connectivity index (χ2n) is 5.53. The number of hydrogen-bond donors (Lipinski definition) is 1. The number of carbonyl (C=O) groups is 1. The lowest BCUT2D eigenvalue weighted by molar-refractivity contribution is -0.274. The molecule has 28 heavy (non-hydrogen) atoms. The van der Waals surface area contributed by atoms with E-state index in [0.717, 1.165) is 12.1 Å². The second kappa shape index (κ2) is 8.03. The van der Waals surface area contributed by atoms with Crippen molar-refractivity contribution in [3.63, 3.8) is 0 Å². The highest BCUT2D eigenvalue weighted by atomic mass is 19.4. The predicted molar refractivity (Wildman–Crippen MR) is 90.5 cm³/mol. The summed E-state index contributed by atoms with van der Waals surface area (Å²) in [4.78, 5) is 12.2. The van der Waals surface area contributed by atoms with E-state index in [1.165, 1.54) is 42.5 Å². The molecule has 1 amide bonds. The van der Waals surface area contributed by atoms with Gasteiger partial charge in [0, 0.05) is 5.69 Å². The third kappa shape index (κ3) is 5.50. The zero-order valence-corrected chi connectivity index (χ0v) is 14.1. The van der Waals surface area contributed by atoms with Gasteiger partial charge in [0.2, 0.25) is 0 Å². The Morgan fingerprint density at radius 2 is 1.57 bits per heavy atom. The van der Waals surface area contributed by atoms with E-state index >= 15 is 0 Å². The normalized spacial score (nSPS) is 11.1. The fraction of sp³-hybridized carbons (Fsp3) is 0.105. The van der Waals surface area contributed by atoms with Crippen molar-refractivity contribution in [1.82, 2.24) is 0 Å². The molecule has 1 N–H and O–H groups in total. The van der Waals surface area contributed by atoms with Gasteiger partial charge in [0.05, 0.1) is 0 Å². The molecule has 9 heteroatoms. The molecule has 0 unspecified atom stereocenters. The number of nitrogens with one attached hydrogen (secondary N) is 1. The van der Waals surface area contributed by atoms with Crippen LogP contribution >= 0.6 is 0 Å². The van der Waals surface area contributed by atoms with Crippen molar-refractivity contribution in [2.75, 3.05) is 5.32 Å². The fourth-order valence-electron chi connectivity index (χ4n) is 2.20. The average Bonchev–Trinajstić information content (AvgIpc) is 3.11. The van der Waals surface area contributed by atoms with Gasteiger partial charge in [-0.1, -0.05) is 0 Å². The largest absolute Gasteiger partial charge is 0.573 e. The number of ether oxygens (including phenoxy) is 2. The van der Waals surface area contributed by atoms with Crippen molar-refractivity contribution in [2.45, 2.75) is 13.0 Å². The summed E-state index contributed by atoms with van der Waals surface area (Å²) < 4.78 is 63.8. The van der Waals surface area contributed by atoms with Crippen LogP contribution in [-0.2, 0) is 6.61 Å². The summed E-state index contributed by atoms with van der Waals surface area (Å²) in [6, 6.07) is 13.1. The van der Waals surface area contributed by atoms with Crippen LogP contribution in [0.2, 0.25) is 0 Å². The molecule has 3 aromatic rings. The first-order valence-electron chi connectivity index (χ1n) is 7.93. The van der Waals surface area contributed by atoms with Crippen LogP contribution in [0.4, 0.5) is 23.2 Å². The van der Waals surface area contributed by atoms with Crippen molar-refractivity contribution >= 4 is 11.6 Å². The third-order valence-electron chi connectivity index (χ3n) is 3.43. The van der Waals surface area contributed by atoms with E-state index < -0.39 is 18.0 Å². The number of anilines is 1. The molecule has 3 rings (SSSR count). The average molecular weight is 395 g/mol. The first-order chi connectivity index (χ1) is 13.3. The number of furan rings is 1. The monoisotopic (exact) mass is 395 g/mol. The molecular formula is C19H13F4NO4. The topological polar surface area (TPSA) is 60.7 Å². The van der Waals surface area contributed by atoms with Crippen molar-refractivity contribution in [3.05, 3.63) is 78.0 Å². The summed E-state index contributed by atoms with van der Waals surface area (Å²) >= 11 is 0. The Balaban J connectivity index is 1.55. The standard InChI is InChI=1S/C19H13F4NO4/c20-12-1-5-14(6-2-12)26-11-16-9-10-17(27-16)18(25)24-13-3-7-15(8-4-13)28-19(21,22)23/h1-10H,11H2,(H,24,25). The molecule has 2 aromatic carbocycles. The van der Waals surface area contributed by atoms with E-state index in [0.29, 0.717) is 11.5 Å². The first-order valence-corrected chi connectivity index (χ1v) is 7.93. The minimum Gasteiger partial charge on any atom is -0.486 e. The van der Waals surface area contributed by atoms with Gasteiger partial charge in [-0.25, -0.2) is 4.39 Å². The van der Waals surface area contributed by atoms with Gasteiger partial charge < -0.3 is 19.2 Å². The summed E-state index contributed by atoms with van der Waals surface area (Å²) in [7, 11) is 0. The summed E-state index contributed by atoms with van der Waals surface area (Å²) in [6.07, 6.45) is -4.79. The highest BCUT2D eigenvalue weighted by molar-refractivity contribution is 6.02. The molecule has 0 saturated heterocycles. The summed E-state index contributed by atoms with van der Waals surface area (Å²) in [5, 5.41) is 2.49. The van der Waals surface area contributed by atoms with Crippen LogP contribution in [0.3, 0.4) is 0 Å². The highest BCUT2D eigenvalue weighted by Crippen LogP contribution is 2.24. The lowest BCUT2D eigenvalue weighted by Gasteiger charge is -2.09. The molecular weight excluding hydrogens is 382 g/mol. The van der Waals surface area contributed by atoms with Crippen LogP contribution in [0, 0.1) is 5.82 Å². The molecule has 0 bridgehead atoms. The van der Waals surface area contributed by atoms with E-state index in [4.69, 9.17) is 9.15 Å². The number of amides is 1. The minimum absolute atomic E-state index is 0.00618. The Hall–Kier alpha value is -3.49. The van der Waals surface area contributed by atoms with Gasteiger partial charge in [0.15, 0.2) is 5.76 Å². The van der Waals surface area contributed by atoms with Crippen LogP contribution < -0.4 is 14.8 Å². The summed E-state index contributed by atoms with van der Waals surface area (Å²) in [6.45, 7) is 0.0301. The third-order valence-corrected chi connectivity index (χ3v) is 3.43. The predicted octanol–water partition coefficient (Wildman–Crippen LogP) is 5.15. The number of carbonyl (C=O) groups excluding carboxylic acids is 1. The van der Waals surface area contributed by atoms with Crippen LogP contribution in [0.15, 0.2) is 65.1 Å². The molecule has 0 fully saturated rings. The van der Waals surface area contributed by atoms with Crippen molar-refractivity contribution < 1.29 is 36.2 Å². The van der Waals surface area contributed by atoms with E-state index in [-0.39, 0.29) is 23.9 Å². The number of halogens is 4. The zero-order chi connectivity index (χ0) is 20.1. The molecule has 0 aliphatic heterocycles. The van der Waals surface area contributed by atoms with Crippen LogP contribution in [0.5, 0.6) is 11.5 Å². The van der Waals surface area contributed by atoms with Crippen LogP contribution in [0.25, 0.3) is 0 Å². The Kier molecular flexibility index (Phi) is 5.53. The van der Waals surface area contributed by atoms with E-state index in [2.05, 4.69) is 10.1 Å². The lowest BCUT2D eigenvalue weighted by atomic mass is 10.3. The second-order valence-corrected chi connectivity index (χ2v) is 5.53. The molecule has 146 valence electrons. The quantitative estimate of drug-likeness (QED) is 0.587. The Bertz CT molecular complexity index is 934. The van der Waals surface area contributed by atoms with Gasteiger partial charge in [0.1, 0.15) is 29.7 Å². The van der Waals surface area contributed by atoms with Crippen molar-refractivity contribution in [2.24, 2.45) is 0 Å². The minimum atomic E-state index is -4.79. The van der Waals surface area contributed by atoms with Crippen molar-refractivity contribution in [3.8, 4) is 11.5 Å². The van der Waals surface area contributed by atoms with Gasteiger partial charge in [-0.15, -0.1) is 13.2 Å². The maximum atomic E-state index is 12.8. The molecule has 0 aliphatic carbocycles. The van der Waals surface area contributed by atoms with Gasteiger partial charge in [-0.2, -0.15) is 0 Å². The molecule has 0 spiro atoms. The lowest BCUT2D eigenvalue weighted by Crippen LogP contribution is -2.17. The zero-order valence-electron chi connectivity index (χ0n) is 14.1. The summed E-state index contributed by atoms with van der Waals surface area (Å²) in [5.41, 5.74) is 0.264. The van der Waals surface area contributed by atoms with E-state index in [9.17, 15) is 22.4 Å². The van der Waals surface area contributed by atoms with Crippen LogP contribution in [0.1, 0.15) is 16.3 Å². The van der Waals surface area contributed by atoms with Crippen LogP contribution in [-0.4, -0.2) is 12.3 Å². The maximum absolute atomic E-state index is 12.8. The van der Waals surface area contributed by atoms with Gasteiger partial charge >= 0.3 is 6.36 Å².